The number of aromatic amines is 1. The van der Waals surface area contributed by atoms with Crippen molar-refractivity contribution in [2.24, 2.45) is 11.8 Å². The molecule has 33 heavy (non-hydrogen) atoms. The zero-order chi connectivity index (χ0) is 23.4. The highest BCUT2D eigenvalue weighted by Gasteiger charge is 2.29. The standard InChI is InChI=1S/C27H35FN4S/c1-5-7-18(17(3)4)13-19(8-6-2)20-9-10-21(14-20)24-15-26(32-31-24)30-23-11-12-25-22(27(23)28)16-29-33-25/h5,7-8,11-13,15,17,20-21,29H,6,9-10,14,16H2,1-4H3,(H2,30,31,32)/b7-5-,18-13+,19-8-. The van der Waals surface area contributed by atoms with Crippen molar-refractivity contribution in [2.45, 2.75) is 70.7 Å². The van der Waals surface area contributed by atoms with Gasteiger partial charge in [-0.15, -0.1) is 0 Å². The number of hydrogen-bond donors (Lipinski definition) is 3. The number of benzene rings is 1. The summed E-state index contributed by atoms with van der Waals surface area (Å²) >= 11 is 1.48. The Hall–Kier alpha value is -2.31. The van der Waals surface area contributed by atoms with Gasteiger partial charge < -0.3 is 5.32 Å². The molecule has 6 heteroatoms. The minimum Gasteiger partial charge on any atom is -0.336 e. The number of nitrogens with zero attached hydrogens (tertiary/aromatic N) is 1. The van der Waals surface area contributed by atoms with Crippen LogP contribution in [0.3, 0.4) is 0 Å². The lowest BCUT2D eigenvalue weighted by molar-refractivity contribution is 0.609. The summed E-state index contributed by atoms with van der Waals surface area (Å²) in [5, 5.41) is 10.8. The highest BCUT2D eigenvalue weighted by molar-refractivity contribution is 7.97. The van der Waals surface area contributed by atoms with Crippen molar-refractivity contribution in [3.8, 4) is 0 Å². The van der Waals surface area contributed by atoms with Crippen molar-refractivity contribution in [2.75, 3.05) is 5.32 Å². The van der Waals surface area contributed by atoms with Crippen molar-refractivity contribution in [3.05, 3.63) is 70.7 Å². The molecule has 2 unspecified atom stereocenters. The van der Waals surface area contributed by atoms with Crippen LogP contribution in [-0.4, -0.2) is 10.2 Å². The Labute approximate surface area is 201 Å². The van der Waals surface area contributed by atoms with Gasteiger partial charge in [-0.25, -0.2) is 4.39 Å². The average Bonchev–Trinajstić information content (AvgIpc) is 3.55. The van der Waals surface area contributed by atoms with Gasteiger partial charge in [0.15, 0.2) is 11.6 Å². The molecule has 1 aliphatic heterocycles. The summed E-state index contributed by atoms with van der Waals surface area (Å²) in [5.74, 6) is 1.99. The number of anilines is 2. The summed E-state index contributed by atoms with van der Waals surface area (Å²) < 4.78 is 17.9. The Morgan fingerprint density at radius 3 is 2.94 bits per heavy atom. The quantitative estimate of drug-likeness (QED) is 0.275. The molecule has 0 radical (unpaired) electrons. The van der Waals surface area contributed by atoms with E-state index in [0.29, 0.717) is 35.8 Å². The van der Waals surface area contributed by atoms with E-state index in [1.807, 2.05) is 12.1 Å². The molecule has 0 spiro atoms. The van der Waals surface area contributed by atoms with Crippen LogP contribution in [0.1, 0.15) is 70.6 Å². The predicted molar refractivity (Wildman–Crippen MR) is 137 cm³/mol. The number of hydrogen-bond acceptors (Lipinski definition) is 4. The van der Waals surface area contributed by atoms with Gasteiger partial charge in [0.25, 0.3) is 0 Å². The van der Waals surface area contributed by atoms with E-state index in [1.165, 1.54) is 29.5 Å². The molecule has 0 amide bonds. The summed E-state index contributed by atoms with van der Waals surface area (Å²) in [6.07, 6.45) is 13.6. The molecule has 4 nitrogen and oxygen atoms in total. The van der Waals surface area contributed by atoms with Crippen LogP contribution in [0.5, 0.6) is 0 Å². The van der Waals surface area contributed by atoms with E-state index < -0.39 is 0 Å². The fourth-order valence-electron chi connectivity index (χ4n) is 4.83. The number of rotatable bonds is 8. The average molecular weight is 467 g/mol. The normalized spacial score (nSPS) is 21.4. The Balaban J connectivity index is 1.46. The number of aromatic nitrogens is 2. The maximum absolute atomic E-state index is 14.8. The van der Waals surface area contributed by atoms with Crippen molar-refractivity contribution in [1.82, 2.24) is 14.9 Å². The molecule has 1 aromatic heterocycles. The first-order chi connectivity index (χ1) is 16.0. The van der Waals surface area contributed by atoms with Gasteiger partial charge in [0.1, 0.15) is 0 Å². The van der Waals surface area contributed by atoms with E-state index in [9.17, 15) is 4.39 Å². The molecular formula is C27H35FN4S. The lowest BCUT2D eigenvalue weighted by Crippen LogP contribution is -2.01. The van der Waals surface area contributed by atoms with E-state index >= 15 is 0 Å². The first kappa shape index (κ1) is 23.8. The van der Waals surface area contributed by atoms with E-state index in [-0.39, 0.29) is 5.82 Å². The number of H-pyrrole nitrogens is 1. The minimum atomic E-state index is -0.196. The third kappa shape index (κ3) is 5.44. The zero-order valence-corrected chi connectivity index (χ0v) is 20.9. The Morgan fingerprint density at radius 2 is 2.18 bits per heavy atom. The molecule has 1 fully saturated rings. The maximum atomic E-state index is 14.8. The third-order valence-corrected chi connectivity index (χ3v) is 7.53. The summed E-state index contributed by atoms with van der Waals surface area (Å²) in [6, 6.07) is 5.79. The van der Waals surface area contributed by atoms with Crippen LogP contribution < -0.4 is 10.0 Å². The minimum absolute atomic E-state index is 0.196. The summed E-state index contributed by atoms with van der Waals surface area (Å²) in [5.41, 5.74) is 5.19. The van der Waals surface area contributed by atoms with Crippen molar-refractivity contribution in [1.29, 1.82) is 0 Å². The van der Waals surface area contributed by atoms with Gasteiger partial charge in [0.05, 0.1) is 5.69 Å². The topological polar surface area (TPSA) is 52.7 Å². The first-order valence-electron chi connectivity index (χ1n) is 12.1. The molecule has 1 saturated carbocycles. The fourth-order valence-corrected chi connectivity index (χ4v) is 5.63. The maximum Gasteiger partial charge on any atom is 0.152 e. The monoisotopic (exact) mass is 466 g/mol. The molecule has 1 aliphatic carbocycles. The highest BCUT2D eigenvalue weighted by Crippen LogP contribution is 2.42. The highest BCUT2D eigenvalue weighted by atomic mass is 32.2. The molecule has 1 aromatic carbocycles. The molecular weight excluding hydrogens is 431 g/mol. The predicted octanol–water partition coefficient (Wildman–Crippen LogP) is 7.78. The second kappa shape index (κ2) is 10.7. The molecule has 3 N–H and O–H groups in total. The van der Waals surface area contributed by atoms with Gasteiger partial charge in [-0.2, -0.15) is 5.10 Å². The molecule has 176 valence electrons. The van der Waals surface area contributed by atoms with Crippen molar-refractivity contribution in [3.63, 3.8) is 0 Å². The molecule has 0 saturated heterocycles. The molecule has 2 aromatic rings. The van der Waals surface area contributed by atoms with Gasteiger partial charge in [0.2, 0.25) is 0 Å². The number of allylic oxidation sites excluding steroid dienone is 6. The molecule has 4 rings (SSSR count). The lowest BCUT2D eigenvalue weighted by atomic mass is 9.90. The molecule has 2 atom stereocenters. The number of fused-ring (bicyclic) bond motifs is 1. The van der Waals surface area contributed by atoms with Crippen molar-refractivity contribution < 1.29 is 4.39 Å². The van der Waals surface area contributed by atoms with E-state index in [0.717, 1.165) is 35.4 Å². The summed E-state index contributed by atoms with van der Waals surface area (Å²) in [4.78, 5) is 0.956. The first-order valence-corrected chi connectivity index (χ1v) is 12.9. The Kier molecular flexibility index (Phi) is 7.76. The van der Waals surface area contributed by atoms with Gasteiger partial charge >= 0.3 is 0 Å². The van der Waals surface area contributed by atoms with Crippen LogP contribution in [0, 0.1) is 17.7 Å². The van der Waals surface area contributed by atoms with Gasteiger partial charge in [0, 0.05) is 34.7 Å². The third-order valence-electron chi connectivity index (χ3n) is 6.63. The number of nitrogens with one attached hydrogen (secondary N) is 3. The Morgan fingerprint density at radius 1 is 1.33 bits per heavy atom. The van der Waals surface area contributed by atoms with Crippen LogP contribution in [0.15, 0.2) is 58.5 Å². The van der Waals surface area contributed by atoms with Crippen LogP contribution in [-0.2, 0) is 6.54 Å². The fraction of sp³-hybridized carbons (Fsp3) is 0.444. The second-order valence-electron chi connectivity index (χ2n) is 9.28. The zero-order valence-electron chi connectivity index (χ0n) is 20.0. The summed E-state index contributed by atoms with van der Waals surface area (Å²) in [6.45, 7) is 9.35. The van der Waals surface area contributed by atoms with Gasteiger partial charge in [-0.05, 0) is 79.7 Å². The summed E-state index contributed by atoms with van der Waals surface area (Å²) in [7, 11) is 0. The van der Waals surface area contributed by atoms with Crippen LogP contribution in [0.2, 0.25) is 0 Å². The van der Waals surface area contributed by atoms with E-state index in [1.54, 1.807) is 6.07 Å². The van der Waals surface area contributed by atoms with Gasteiger partial charge in [-0.1, -0.05) is 45.1 Å². The molecule has 0 bridgehead atoms. The SMILES string of the molecule is C\C=C/C(=C\C(=C\CC)C1CCC(c2cc(Nc3ccc4c(c3F)CNS4)n[nH]2)C1)C(C)C. The van der Waals surface area contributed by atoms with Crippen LogP contribution in [0.25, 0.3) is 0 Å². The lowest BCUT2D eigenvalue weighted by Gasteiger charge is -2.15. The number of halogens is 1. The van der Waals surface area contributed by atoms with E-state index in [2.05, 4.69) is 72.2 Å². The van der Waals surface area contributed by atoms with Crippen molar-refractivity contribution >= 4 is 23.5 Å². The van der Waals surface area contributed by atoms with Crippen LogP contribution >= 0.6 is 11.9 Å². The smallest absolute Gasteiger partial charge is 0.152 e. The Bertz CT molecular complexity index is 1070. The van der Waals surface area contributed by atoms with Gasteiger partial charge in [-0.3, -0.25) is 9.82 Å². The van der Waals surface area contributed by atoms with E-state index in [4.69, 9.17) is 0 Å². The molecule has 2 heterocycles. The molecule has 2 aliphatic rings. The second-order valence-corrected chi connectivity index (χ2v) is 10.2. The van der Waals surface area contributed by atoms with Crippen LogP contribution in [0.4, 0.5) is 15.9 Å². The largest absolute Gasteiger partial charge is 0.336 e.